The van der Waals surface area contributed by atoms with Gasteiger partial charge in [-0.3, -0.25) is 9.59 Å². The van der Waals surface area contributed by atoms with Gasteiger partial charge >= 0.3 is 0 Å². The van der Waals surface area contributed by atoms with Crippen LogP contribution in [-0.2, 0) is 9.59 Å². The zero-order valence-corrected chi connectivity index (χ0v) is 11.0. The molecule has 1 atom stereocenters. The molecule has 0 bridgehead atoms. The summed E-state index contributed by atoms with van der Waals surface area (Å²) in [4.78, 5) is 25.4. The van der Waals surface area contributed by atoms with Crippen LogP contribution in [0.3, 0.4) is 0 Å². The number of amides is 2. The predicted octanol–water partition coefficient (Wildman–Crippen LogP) is 0.519. The Balaban J connectivity index is 2.38. The topological polar surface area (TPSA) is 84.7 Å². The van der Waals surface area contributed by atoms with Crippen molar-refractivity contribution < 1.29 is 14.3 Å². The first-order chi connectivity index (χ1) is 9.04. The molecule has 0 fully saturated rings. The molecule has 0 aromatic heterocycles. The molecule has 2 amide bonds. The molecule has 2 rings (SSSR count). The van der Waals surface area contributed by atoms with Gasteiger partial charge < -0.3 is 15.8 Å². The number of carbonyl (C=O) groups excluding carboxylic acids is 2. The molecule has 6 nitrogen and oxygen atoms in total. The molecular formula is C13H17N3O3. The highest BCUT2D eigenvalue weighted by Gasteiger charge is 2.35. The molecule has 102 valence electrons. The van der Waals surface area contributed by atoms with Crippen LogP contribution in [0.2, 0.25) is 0 Å². The number of imide groups is 1. The first kappa shape index (κ1) is 13.4. The van der Waals surface area contributed by atoms with Crippen LogP contribution in [-0.4, -0.2) is 31.0 Å². The number of likely N-dealkylation sites (N-methyl/N-ethyl adjacent to an activating group) is 1. The summed E-state index contributed by atoms with van der Waals surface area (Å²) < 4.78 is 5.46. The maximum Gasteiger partial charge on any atom is 0.274 e. The molecule has 6 heteroatoms. The highest BCUT2D eigenvalue weighted by atomic mass is 16.5. The molecule has 1 aliphatic heterocycles. The third-order valence-corrected chi connectivity index (χ3v) is 2.87. The van der Waals surface area contributed by atoms with E-state index in [-0.39, 0.29) is 18.4 Å². The molecule has 1 aromatic rings. The maximum atomic E-state index is 12.1. The van der Waals surface area contributed by atoms with Crippen LogP contribution in [0.25, 0.3) is 0 Å². The SMILES string of the molecule is CCNCC(=O)N1C(=O)C(C)Oc2ccc(N)cc21. The molecule has 1 unspecified atom stereocenters. The molecule has 1 heterocycles. The van der Waals surface area contributed by atoms with Gasteiger partial charge in [-0.25, -0.2) is 4.90 Å². The minimum Gasteiger partial charge on any atom is -0.479 e. The Morgan fingerprint density at radius 1 is 1.53 bits per heavy atom. The Bertz CT molecular complexity index is 516. The van der Waals surface area contributed by atoms with Crippen LogP contribution >= 0.6 is 0 Å². The fourth-order valence-electron chi connectivity index (χ4n) is 1.92. The van der Waals surface area contributed by atoms with Crippen molar-refractivity contribution >= 4 is 23.2 Å². The van der Waals surface area contributed by atoms with Gasteiger partial charge in [-0.15, -0.1) is 0 Å². The first-order valence-electron chi connectivity index (χ1n) is 6.18. The van der Waals surface area contributed by atoms with Crippen molar-refractivity contribution in [3.63, 3.8) is 0 Å². The summed E-state index contributed by atoms with van der Waals surface area (Å²) in [6.07, 6.45) is -0.679. The third kappa shape index (κ3) is 2.53. The van der Waals surface area contributed by atoms with E-state index in [9.17, 15) is 9.59 Å². The molecule has 1 aromatic carbocycles. The van der Waals surface area contributed by atoms with Crippen molar-refractivity contribution in [2.45, 2.75) is 20.0 Å². The number of rotatable bonds is 3. The molecule has 0 saturated heterocycles. The predicted molar refractivity (Wildman–Crippen MR) is 72.0 cm³/mol. The fraction of sp³-hybridized carbons (Fsp3) is 0.385. The number of carbonyl (C=O) groups is 2. The van der Waals surface area contributed by atoms with E-state index in [4.69, 9.17) is 10.5 Å². The zero-order chi connectivity index (χ0) is 14.0. The second kappa shape index (κ2) is 5.27. The maximum absolute atomic E-state index is 12.1. The van der Waals surface area contributed by atoms with Crippen LogP contribution in [0.1, 0.15) is 13.8 Å². The molecule has 0 aliphatic carbocycles. The summed E-state index contributed by atoms with van der Waals surface area (Å²) >= 11 is 0. The number of nitrogen functional groups attached to an aromatic ring is 1. The van der Waals surface area contributed by atoms with Gasteiger partial charge in [0.25, 0.3) is 5.91 Å². The summed E-state index contributed by atoms with van der Waals surface area (Å²) in [6.45, 7) is 4.27. The normalized spacial score (nSPS) is 17.9. The average Bonchev–Trinajstić information content (AvgIpc) is 2.38. The molecule has 3 N–H and O–H groups in total. The summed E-state index contributed by atoms with van der Waals surface area (Å²) in [5, 5.41) is 2.91. The van der Waals surface area contributed by atoms with Gasteiger partial charge in [-0.1, -0.05) is 6.92 Å². The lowest BCUT2D eigenvalue weighted by Crippen LogP contribution is -2.50. The third-order valence-electron chi connectivity index (χ3n) is 2.87. The van der Waals surface area contributed by atoms with Gasteiger partial charge in [-0.2, -0.15) is 0 Å². The monoisotopic (exact) mass is 263 g/mol. The Kier molecular flexibility index (Phi) is 3.71. The number of hydrogen-bond acceptors (Lipinski definition) is 5. The van der Waals surface area contributed by atoms with Crippen molar-refractivity contribution in [3.05, 3.63) is 18.2 Å². The minimum absolute atomic E-state index is 0.100. The Hall–Kier alpha value is -2.08. The Morgan fingerprint density at radius 2 is 2.26 bits per heavy atom. The van der Waals surface area contributed by atoms with Crippen LogP contribution in [0.15, 0.2) is 18.2 Å². The van der Waals surface area contributed by atoms with E-state index in [2.05, 4.69) is 5.32 Å². The number of fused-ring (bicyclic) bond motifs is 1. The summed E-state index contributed by atoms with van der Waals surface area (Å²) in [5.41, 5.74) is 6.59. The van der Waals surface area contributed by atoms with Gasteiger partial charge in [0.1, 0.15) is 5.75 Å². The summed E-state index contributed by atoms with van der Waals surface area (Å²) in [6, 6.07) is 4.92. The Labute approximate surface area is 111 Å². The van der Waals surface area contributed by atoms with E-state index in [1.54, 1.807) is 25.1 Å². The molecule has 19 heavy (non-hydrogen) atoms. The highest BCUT2D eigenvalue weighted by Crippen LogP contribution is 2.35. The summed E-state index contributed by atoms with van der Waals surface area (Å²) in [5.74, 6) is -0.194. The van der Waals surface area contributed by atoms with E-state index in [1.165, 1.54) is 0 Å². The second-order valence-corrected chi connectivity index (χ2v) is 4.33. The van der Waals surface area contributed by atoms with Crippen molar-refractivity contribution in [2.75, 3.05) is 23.7 Å². The molecule has 1 aliphatic rings. The van der Waals surface area contributed by atoms with Crippen molar-refractivity contribution in [1.29, 1.82) is 0 Å². The van der Waals surface area contributed by atoms with Gasteiger partial charge in [0, 0.05) is 5.69 Å². The second-order valence-electron chi connectivity index (χ2n) is 4.33. The van der Waals surface area contributed by atoms with Crippen LogP contribution in [0, 0.1) is 0 Å². The van der Waals surface area contributed by atoms with Crippen LogP contribution in [0.4, 0.5) is 11.4 Å². The van der Waals surface area contributed by atoms with E-state index >= 15 is 0 Å². The number of nitrogens with one attached hydrogen (secondary N) is 1. The van der Waals surface area contributed by atoms with E-state index in [1.807, 2.05) is 6.92 Å². The average molecular weight is 263 g/mol. The lowest BCUT2D eigenvalue weighted by Gasteiger charge is -2.31. The van der Waals surface area contributed by atoms with E-state index in [0.717, 1.165) is 4.90 Å². The van der Waals surface area contributed by atoms with E-state index < -0.39 is 6.10 Å². The number of benzene rings is 1. The molecule has 0 radical (unpaired) electrons. The highest BCUT2D eigenvalue weighted by molar-refractivity contribution is 6.18. The Morgan fingerprint density at radius 3 is 2.95 bits per heavy atom. The number of hydrogen-bond donors (Lipinski definition) is 2. The van der Waals surface area contributed by atoms with Gasteiger partial charge in [-0.05, 0) is 31.7 Å². The van der Waals surface area contributed by atoms with E-state index in [0.29, 0.717) is 23.7 Å². The molecule has 0 saturated carbocycles. The number of anilines is 2. The number of nitrogens with zero attached hydrogens (tertiary/aromatic N) is 1. The molecule has 0 spiro atoms. The lowest BCUT2D eigenvalue weighted by molar-refractivity contribution is -0.131. The van der Waals surface area contributed by atoms with Crippen LogP contribution in [0.5, 0.6) is 5.75 Å². The van der Waals surface area contributed by atoms with Crippen molar-refractivity contribution in [1.82, 2.24) is 5.32 Å². The minimum atomic E-state index is -0.679. The van der Waals surface area contributed by atoms with Crippen LogP contribution < -0.4 is 20.7 Å². The first-order valence-corrected chi connectivity index (χ1v) is 6.18. The molecular weight excluding hydrogens is 246 g/mol. The van der Waals surface area contributed by atoms with Crippen molar-refractivity contribution in [3.8, 4) is 5.75 Å². The number of ether oxygens (including phenoxy) is 1. The smallest absolute Gasteiger partial charge is 0.274 e. The van der Waals surface area contributed by atoms with Gasteiger partial charge in [0.15, 0.2) is 6.10 Å². The number of nitrogens with two attached hydrogens (primary N) is 1. The van der Waals surface area contributed by atoms with Gasteiger partial charge in [0.05, 0.1) is 12.2 Å². The summed E-state index contributed by atoms with van der Waals surface area (Å²) in [7, 11) is 0. The van der Waals surface area contributed by atoms with Gasteiger partial charge in [0.2, 0.25) is 5.91 Å². The largest absolute Gasteiger partial charge is 0.479 e. The lowest BCUT2D eigenvalue weighted by atomic mass is 10.1. The quantitative estimate of drug-likeness (QED) is 0.777. The standard InChI is InChI=1S/C13H17N3O3/c1-3-15-7-12(17)16-10-6-9(14)4-5-11(10)19-8(2)13(16)18/h4-6,8,15H,3,7,14H2,1-2H3. The van der Waals surface area contributed by atoms with Crippen molar-refractivity contribution in [2.24, 2.45) is 0 Å². The fourth-order valence-corrected chi connectivity index (χ4v) is 1.92. The zero-order valence-electron chi connectivity index (χ0n) is 11.0.